The second kappa shape index (κ2) is 10.7. The van der Waals surface area contributed by atoms with Crippen molar-refractivity contribution < 1.29 is 22.7 Å². The molecule has 1 saturated carbocycles. The van der Waals surface area contributed by atoms with Crippen LogP contribution in [0.4, 0.5) is 17.6 Å². The average Bonchev–Trinajstić information content (AvgIpc) is 3.57. The van der Waals surface area contributed by atoms with E-state index in [-0.39, 0.29) is 5.69 Å². The molecule has 0 bridgehead atoms. The van der Waals surface area contributed by atoms with E-state index >= 15 is 8.78 Å². The Kier molecular flexibility index (Phi) is 7.30. The third-order valence-corrected chi connectivity index (χ3v) is 7.23. The fraction of sp³-hybridized carbons (Fsp3) is 0.440. The van der Waals surface area contributed by atoms with Gasteiger partial charge in [-0.2, -0.15) is 13.9 Å². The minimum Gasteiger partial charge on any atom is -0.377 e. The summed E-state index contributed by atoms with van der Waals surface area (Å²) in [5.41, 5.74) is -5.29. The summed E-state index contributed by atoms with van der Waals surface area (Å²) < 4.78 is 63.3. The van der Waals surface area contributed by atoms with E-state index in [1.54, 1.807) is 0 Å². The van der Waals surface area contributed by atoms with Crippen LogP contribution in [-0.2, 0) is 24.6 Å². The molecule has 39 heavy (non-hydrogen) atoms. The van der Waals surface area contributed by atoms with Gasteiger partial charge in [0, 0.05) is 18.2 Å². The predicted octanol–water partition coefficient (Wildman–Crippen LogP) is 3.34. The van der Waals surface area contributed by atoms with Crippen molar-refractivity contribution in [2.75, 3.05) is 0 Å². The van der Waals surface area contributed by atoms with Crippen molar-refractivity contribution in [2.45, 2.75) is 63.1 Å². The highest BCUT2D eigenvalue weighted by Crippen LogP contribution is 2.46. The number of benzene rings is 1. The van der Waals surface area contributed by atoms with E-state index in [0.717, 1.165) is 54.7 Å². The topological polar surface area (TPSA) is 117 Å². The number of aromatic nitrogens is 8. The summed E-state index contributed by atoms with van der Waals surface area (Å²) in [7, 11) is 0. The largest absolute Gasteiger partial charge is 0.377 e. The summed E-state index contributed by atoms with van der Waals surface area (Å²) in [5, 5.41) is 25.6. The molecular weight excluding hydrogens is 520 g/mol. The van der Waals surface area contributed by atoms with Gasteiger partial charge >= 0.3 is 11.6 Å². The van der Waals surface area contributed by atoms with Gasteiger partial charge in [0.15, 0.2) is 5.60 Å². The Morgan fingerprint density at radius 1 is 1.05 bits per heavy atom. The summed E-state index contributed by atoms with van der Waals surface area (Å²) in [5.74, 6) is -6.03. The maximum absolute atomic E-state index is 15.9. The molecule has 0 radical (unpaired) electrons. The number of nitrogens with zero attached hydrogens (tertiary/aromatic N) is 8. The van der Waals surface area contributed by atoms with Gasteiger partial charge in [0.2, 0.25) is 0 Å². The third kappa shape index (κ3) is 5.20. The number of alkyl halides is 2. The minimum absolute atomic E-state index is 0.181. The number of hydrogen-bond acceptors (Lipinski definition) is 7. The van der Waals surface area contributed by atoms with Crippen LogP contribution >= 0.6 is 0 Å². The van der Waals surface area contributed by atoms with Crippen molar-refractivity contribution in [1.82, 2.24) is 39.5 Å². The Balaban J connectivity index is 1.42. The summed E-state index contributed by atoms with van der Waals surface area (Å²) >= 11 is 0. The van der Waals surface area contributed by atoms with E-state index in [1.165, 1.54) is 40.9 Å². The van der Waals surface area contributed by atoms with Gasteiger partial charge in [0.1, 0.15) is 30.0 Å². The van der Waals surface area contributed by atoms with Crippen molar-refractivity contribution in [3.63, 3.8) is 0 Å². The second-order valence-corrected chi connectivity index (χ2v) is 9.77. The van der Waals surface area contributed by atoms with E-state index in [0.29, 0.717) is 18.5 Å². The molecule has 0 spiro atoms. The number of aliphatic hydroxyl groups is 1. The molecule has 206 valence electrons. The van der Waals surface area contributed by atoms with E-state index in [2.05, 4.69) is 25.6 Å². The van der Waals surface area contributed by atoms with Gasteiger partial charge in [-0.1, -0.05) is 32.1 Å². The fourth-order valence-electron chi connectivity index (χ4n) is 5.04. The van der Waals surface area contributed by atoms with E-state index < -0.39 is 46.6 Å². The van der Waals surface area contributed by atoms with Gasteiger partial charge in [-0.3, -0.25) is 4.98 Å². The number of hydrogen-bond donors (Lipinski definition) is 1. The summed E-state index contributed by atoms with van der Waals surface area (Å²) in [6.07, 6.45) is 10.0. The maximum Gasteiger partial charge on any atom is 0.350 e. The van der Waals surface area contributed by atoms with Crippen molar-refractivity contribution >= 4 is 0 Å². The third-order valence-electron chi connectivity index (χ3n) is 7.23. The average molecular weight is 547 g/mol. The molecule has 1 atom stereocenters. The zero-order chi connectivity index (χ0) is 27.6. The van der Waals surface area contributed by atoms with Crippen molar-refractivity contribution in [3.8, 4) is 5.69 Å². The first-order valence-corrected chi connectivity index (χ1v) is 12.6. The van der Waals surface area contributed by atoms with Crippen LogP contribution in [0.2, 0.25) is 0 Å². The minimum atomic E-state index is -4.20. The first-order valence-electron chi connectivity index (χ1n) is 12.6. The molecule has 10 nitrogen and oxygen atoms in total. The fourth-order valence-corrected chi connectivity index (χ4v) is 5.04. The lowest BCUT2D eigenvalue weighted by atomic mass is 9.84. The Hall–Kier alpha value is -3.94. The molecule has 4 aromatic rings. The van der Waals surface area contributed by atoms with Crippen molar-refractivity contribution in [2.24, 2.45) is 5.92 Å². The number of aryl methyl sites for hydroxylation is 1. The Morgan fingerprint density at radius 3 is 2.51 bits per heavy atom. The molecule has 1 aromatic carbocycles. The van der Waals surface area contributed by atoms with E-state index in [4.69, 9.17) is 0 Å². The zero-order valence-electron chi connectivity index (χ0n) is 20.8. The maximum atomic E-state index is 15.9. The zero-order valence-corrected chi connectivity index (χ0v) is 20.8. The van der Waals surface area contributed by atoms with Gasteiger partial charge in [-0.05, 0) is 47.0 Å². The first-order chi connectivity index (χ1) is 18.7. The van der Waals surface area contributed by atoms with Crippen molar-refractivity contribution in [1.29, 1.82) is 0 Å². The Morgan fingerprint density at radius 2 is 1.85 bits per heavy atom. The number of rotatable bonds is 9. The lowest BCUT2D eigenvalue weighted by molar-refractivity contribution is -0.207. The second-order valence-electron chi connectivity index (χ2n) is 9.77. The summed E-state index contributed by atoms with van der Waals surface area (Å²) in [6, 6.07) is 4.04. The van der Waals surface area contributed by atoms with Gasteiger partial charge < -0.3 is 5.11 Å². The molecule has 1 aliphatic rings. The smallest absolute Gasteiger partial charge is 0.350 e. The highest BCUT2D eigenvalue weighted by atomic mass is 19.3. The number of pyridine rings is 1. The van der Waals surface area contributed by atoms with Crippen LogP contribution in [-0.4, -0.2) is 44.6 Å². The molecule has 1 N–H and O–H groups in total. The Labute approximate surface area is 219 Å². The molecule has 1 unspecified atom stereocenters. The Bertz CT molecular complexity index is 1470. The normalized spacial score (nSPS) is 16.3. The molecule has 5 rings (SSSR count). The molecule has 14 heteroatoms. The molecule has 1 fully saturated rings. The van der Waals surface area contributed by atoms with Gasteiger partial charge in [-0.25, -0.2) is 27.5 Å². The van der Waals surface area contributed by atoms with E-state index in [1.807, 2.05) is 0 Å². The monoisotopic (exact) mass is 546 g/mol. The quantitative estimate of drug-likeness (QED) is 0.320. The van der Waals surface area contributed by atoms with Crippen LogP contribution in [0, 0.1) is 17.6 Å². The molecule has 1 aliphatic carbocycles. The highest BCUT2D eigenvalue weighted by molar-refractivity contribution is 5.34. The first kappa shape index (κ1) is 26.7. The lowest BCUT2D eigenvalue weighted by Crippen LogP contribution is -2.48. The molecular formula is C25H26F4N8O2. The molecule has 0 saturated heterocycles. The lowest BCUT2D eigenvalue weighted by Gasteiger charge is -2.35. The van der Waals surface area contributed by atoms with Crippen LogP contribution in [0.15, 0.2) is 54.0 Å². The molecule has 0 aliphatic heterocycles. The van der Waals surface area contributed by atoms with Crippen LogP contribution in [0.3, 0.4) is 0 Å². The van der Waals surface area contributed by atoms with E-state index in [9.17, 15) is 18.7 Å². The SMILES string of the molecule is O=c1n(-c2ccc(C(F)(F)C(O)(Cn3cnnn3)c3ccc(F)cc3F)nc2)cnn1CCC1CCCCC1. The molecule has 3 heterocycles. The highest BCUT2D eigenvalue weighted by Gasteiger charge is 2.58. The van der Waals surface area contributed by atoms with Crippen LogP contribution in [0.1, 0.15) is 49.8 Å². The van der Waals surface area contributed by atoms with Crippen LogP contribution in [0.25, 0.3) is 5.69 Å². The van der Waals surface area contributed by atoms with Crippen LogP contribution in [0.5, 0.6) is 0 Å². The van der Waals surface area contributed by atoms with Crippen molar-refractivity contribution in [3.05, 3.63) is 82.6 Å². The number of halogens is 4. The summed E-state index contributed by atoms with van der Waals surface area (Å²) in [6.45, 7) is -0.514. The van der Waals surface area contributed by atoms with Gasteiger partial charge in [0.25, 0.3) is 0 Å². The molecule has 3 aromatic heterocycles. The summed E-state index contributed by atoms with van der Waals surface area (Å²) in [4.78, 5) is 16.7. The standard InChI is InChI=1S/C25H26F4N8O2/c26-18-6-8-20(21(27)12-18)24(39,14-35-15-31-33-34-35)25(28,29)22-9-7-19(13-30-22)36-16-32-37(23(36)38)11-10-17-4-2-1-3-5-17/h6-9,12-13,15-17,39H,1-5,10-11,14H2. The molecule has 0 amide bonds. The number of tetrazole rings is 1. The predicted molar refractivity (Wildman–Crippen MR) is 129 cm³/mol. The van der Waals surface area contributed by atoms with Gasteiger partial charge in [0.05, 0.1) is 18.4 Å². The van der Waals surface area contributed by atoms with Crippen LogP contribution < -0.4 is 5.69 Å². The van der Waals surface area contributed by atoms with Gasteiger partial charge in [-0.15, -0.1) is 5.10 Å².